The monoisotopic (exact) mass is 251 g/mol. The highest BCUT2D eigenvalue weighted by atomic mass is 19.3. The third kappa shape index (κ3) is 12.0. The Bertz CT molecular complexity index is 156. The highest BCUT2D eigenvalue weighted by Crippen LogP contribution is 2.09. The summed E-state index contributed by atoms with van der Waals surface area (Å²) in [5.41, 5.74) is 0. The fraction of sp³-hybridized carbons (Fsp3) is 1.00. The van der Waals surface area contributed by atoms with E-state index in [0.29, 0.717) is 12.6 Å². The van der Waals surface area contributed by atoms with Gasteiger partial charge in [0, 0.05) is 12.6 Å². The Morgan fingerprint density at radius 2 is 1.76 bits per heavy atom. The van der Waals surface area contributed by atoms with Crippen LogP contribution in [0.5, 0.6) is 0 Å². The Hall–Kier alpha value is -0.220. The third-order valence-corrected chi connectivity index (χ3v) is 2.92. The van der Waals surface area contributed by atoms with E-state index in [4.69, 9.17) is 4.74 Å². The van der Waals surface area contributed by atoms with Crippen molar-refractivity contribution in [1.82, 2.24) is 5.32 Å². The molecule has 2 nitrogen and oxygen atoms in total. The molecule has 0 aliphatic heterocycles. The van der Waals surface area contributed by atoms with E-state index in [9.17, 15) is 8.78 Å². The minimum Gasteiger partial charge on any atom is -0.375 e. The minimum atomic E-state index is -2.35. The van der Waals surface area contributed by atoms with Crippen LogP contribution in [0.3, 0.4) is 0 Å². The standard InChI is InChI=1S/C13H27F2NO/c1-3-4-5-6-7-8-12(16-2)9-10-17-11-13(14)15/h12-13,16H,3-11H2,1-2H3. The lowest BCUT2D eigenvalue weighted by molar-refractivity contribution is 0.0143. The Morgan fingerprint density at radius 3 is 2.35 bits per heavy atom. The van der Waals surface area contributed by atoms with E-state index in [1.807, 2.05) is 7.05 Å². The second-order valence-electron chi connectivity index (χ2n) is 4.44. The van der Waals surface area contributed by atoms with Gasteiger partial charge in [0.25, 0.3) is 6.43 Å². The molecule has 0 aromatic carbocycles. The van der Waals surface area contributed by atoms with Gasteiger partial charge in [0.05, 0.1) is 0 Å². The molecule has 1 atom stereocenters. The lowest BCUT2D eigenvalue weighted by Gasteiger charge is -2.16. The van der Waals surface area contributed by atoms with Crippen LogP contribution in [0.4, 0.5) is 8.78 Å². The first kappa shape index (κ1) is 16.8. The average Bonchev–Trinajstić information content (AvgIpc) is 2.31. The van der Waals surface area contributed by atoms with Crippen LogP contribution in [0.15, 0.2) is 0 Å². The summed E-state index contributed by atoms with van der Waals surface area (Å²) < 4.78 is 28.5. The van der Waals surface area contributed by atoms with Crippen LogP contribution in [-0.2, 0) is 4.74 Å². The molecule has 0 bridgehead atoms. The van der Waals surface area contributed by atoms with Crippen LogP contribution >= 0.6 is 0 Å². The van der Waals surface area contributed by atoms with E-state index >= 15 is 0 Å². The van der Waals surface area contributed by atoms with Crippen LogP contribution in [0.2, 0.25) is 0 Å². The molecule has 0 spiro atoms. The summed E-state index contributed by atoms with van der Waals surface area (Å²) >= 11 is 0. The number of nitrogens with one attached hydrogen (secondary N) is 1. The first-order valence-electron chi connectivity index (χ1n) is 6.73. The summed E-state index contributed by atoms with van der Waals surface area (Å²) in [5.74, 6) is 0. The van der Waals surface area contributed by atoms with Crippen LogP contribution in [0.25, 0.3) is 0 Å². The fourth-order valence-corrected chi connectivity index (χ4v) is 1.83. The maximum atomic E-state index is 11.8. The highest BCUT2D eigenvalue weighted by Gasteiger charge is 2.07. The van der Waals surface area contributed by atoms with Gasteiger partial charge in [-0.05, 0) is 19.9 Å². The van der Waals surface area contributed by atoms with E-state index in [1.165, 1.54) is 32.1 Å². The van der Waals surface area contributed by atoms with Gasteiger partial charge >= 0.3 is 0 Å². The molecule has 0 radical (unpaired) electrons. The highest BCUT2D eigenvalue weighted by molar-refractivity contribution is 4.64. The number of rotatable bonds is 12. The number of ether oxygens (including phenoxy) is 1. The molecule has 17 heavy (non-hydrogen) atoms. The van der Waals surface area contributed by atoms with Crippen LogP contribution < -0.4 is 5.32 Å². The van der Waals surface area contributed by atoms with Crippen molar-refractivity contribution in [3.8, 4) is 0 Å². The molecule has 0 saturated heterocycles. The number of hydrogen-bond donors (Lipinski definition) is 1. The first-order chi connectivity index (χ1) is 8.20. The SMILES string of the molecule is CCCCCCCC(CCOCC(F)F)NC. The number of unbranched alkanes of at least 4 members (excludes halogenated alkanes) is 4. The van der Waals surface area contributed by atoms with Gasteiger partial charge < -0.3 is 10.1 Å². The normalized spacial score (nSPS) is 13.2. The molecule has 0 amide bonds. The van der Waals surface area contributed by atoms with Gasteiger partial charge in [-0.25, -0.2) is 8.78 Å². The summed E-state index contributed by atoms with van der Waals surface area (Å²) in [7, 11) is 1.92. The molecule has 0 fully saturated rings. The van der Waals surface area contributed by atoms with Gasteiger partial charge in [0.1, 0.15) is 6.61 Å². The van der Waals surface area contributed by atoms with Gasteiger partial charge in [-0.3, -0.25) is 0 Å². The molecule has 104 valence electrons. The van der Waals surface area contributed by atoms with Gasteiger partial charge in [-0.1, -0.05) is 39.0 Å². The summed E-state index contributed by atoms with van der Waals surface area (Å²) in [6.45, 7) is 2.19. The van der Waals surface area contributed by atoms with Gasteiger partial charge in [-0.2, -0.15) is 0 Å². The number of hydrogen-bond acceptors (Lipinski definition) is 2. The van der Waals surface area contributed by atoms with Crippen molar-refractivity contribution in [1.29, 1.82) is 0 Å². The van der Waals surface area contributed by atoms with Crippen LogP contribution in [0.1, 0.15) is 51.9 Å². The average molecular weight is 251 g/mol. The van der Waals surface area contributed by atoms with Gasteiger partial charge in [0.2, 0.25) is 0 Å². The quantitative estimate of drug-likeness (QED) is 0.535. The molecule has 0 aromatic heterocycles. The molecule has 0 aliphatic carbocycles. The molecule has 0 aliphatic rings. The molecule has 0 aromatic rings. The largest absolute Gasteiger partial charge is 0.375 e. The summed E-state index contributed by atoms with van der Waals surface area (Å²) in [5, 5.41) is 3.21. The van der Waals surface area contributed by atoms with Gasteiger partial charge in [-0.15, -0.1) is 0 Å². The predicted octanol–water partition coefficient (Wildman–Crippen LogP) is 3.61. The second kappa shape index (κ2) is 12.2. The van der Waals surface area contributed by atoms with Crippen molar-refractivity contribution < 1.29 is 13.5 Å². The Labute approximate surface area is 104 Å². The fourth-order valence-electron chi connectivity index (χ4n) is 1.83. The van der Waals surface area contributed by atoms with E-state index in [0.717, 1.165) is 12.8 Å². The Kier molecular flexibility index (Phi) is 12.1. The van der Waals surface area contributed by atoms with E-state index in [2.05, 4.69) is 12.2 Å². The molecule has 0 rings (SSSR count). The summed E-state index contributed by atoms with van der Waals surface area (Å²) in [4.78, 5) is 0. The zero-order valence-electron chi connectivity index (χ0n) is 11.2. The van der Waals surface area contributed by atoms with Crippen LogP contribution in [-0.4, -0.2) is 32.7 Å². The van der Waals surface area contributed by atoms with E-state index < -0.39 is 13.0 Å². The summed E-state index contributed by atoms with van der Waals surface area (Å²) in [6, 6.07) is 0.397. The van der Waals surface area contributed by atoms with Crippen molar-refractivity contribution in [2.45, 2.75) is 64.3 Å². The topological polar surface area (TPSA) is 21.3 Å². The maximum absolute atomic E-state index is 11.8. The molecular formula is C13H27F2NO. The summed E-state index contributed by atoms with van der Waals surface area (Å²) in [6.07, 6.45) is 5.92. The van der Waals surface area contributed by atoms with Crippen molar-refractivity contribution >= 4 is 0 Å². The van der Waals surface area contributed by atoms with E-state index in [1.54, 1.807) is 0 Å². The van der Waals surface area contributed by atoms with Crippen molar-refractivity contribution in [3.05, 3.63) is 0 Å². The number of halogens is 2. The van der Waals surface area contributed by atoms with Crippen molar-refractivity contribution in [3.63, 3.8) is 0 Å². The zero-order valence-corrected chi connectivity index (χ0v) is 11.2. The predicted molar refractivity (Wildman–Crippen MR) is 67.7 cm³/mol. The molecule has 4 heteroatoms. The van der Waals surface area contributed by atoms with Gasteiger partial charge in [0.15, 0.2) is 0 Å². The maximum Gasteiger partial charge on any atom is 0.261 e. The van der Waals surface area contributed by atoms with Crippen LogP contribution in [0, 0.1) is 0 Å². The molecule has 0 heterocycles. The lowest BCUT2D eigenvalue weighted by Crippen LogP contribution is -2.27. The zero-order chi connectivity index (χ0) is 12.9. The second-order valence-corrected chi connectivity index (χ2v) is 4.44. The first-order valence-corrected chi connectivity index (χ1v) is 6.73. The van der Waals surface area contributed by atoms with E-state index in [-0.39, 0.29) is 0 Å². The Morgan fingerprint density at radius 1 is 1.06 bits per heavy atom. The van der Waals surface area contributed by atoms with Crippen molar-refractivity contribution in [2.75, 3.05) is 20.3 Å². The Balaban J connectivity index is 3.36. The minimum absolute atomic E-state index is 0.397. The smallest absolute Gasteiger partial charge is 0.261 e. The molecular weight excluding hydrogens is 224 g/mol. The molecule has 0 saturated carbocycles. The lowest BCUT2D eigenvalue weighted by atomic mass is 10.0. The molecule has 1 N–H and O–H groups in total. The number of alkyl halides is 2. The molecule has 1 unspecified atom stereocenters. The van der Waals surface area contributed by atoms with Crippen molar-refractivity contribution in [2.24, 2.45) is 0 Å². The third-order valence-electron chi connectivity index (χ3n) is 2.92.